The number of nitrogens with one attached hydrogen (secondary N) is 1. The molecule has 4 rings (SSSR count). The first-order chi connectivity index (χ1) is 17.2. The third-order valence-electron chi connectivity index (χ3n) is 6.09. The highest BCUT2D eigenvalue weighted by molar-refractivity contribution is 5.91. The second kappa shape index (κ2) is 10.5. The Morgan fingerprint density at radius 2 is 2.03 bits per heavy atom. The van der Waals surface area contributed by atoms with Crippen molar-refractivity contribution in [3.8, 4) is 5.75 Å². The topological polar surface area (TPSA) is 84.7 Å². The van der Waals surface area contributed by atoms with Crippen molar-refractivity contribution in [1.82, 2.24) is 15.2 Å². The van der Waals surface area contributed by atoms with Gasteiger partial charge in [0.05, 0.1) is 6.04 Å². The van der Waals surface area contributed by atoms with Crippen molar-refractivity contribution in [2.45, 2.75) is 53.2 Å². The molecule has 2 aromatic carbocycles. The van der Waals surface area contributed by atoms with Crippen molar-refractivity contribution in [2.24, 2.45) is 5.41 Å². The number of benzene rings is 2. The number of amides is 2. The van der Waals surface area contributed by atoms with E-state index in [0.29, 0.717) is 30.8 Å². The quantitative estimate of drug-likeness (QED) is 0.498. The molecule has 0 saturated heterocycles. The minimum absolute atomic E-state index is 0.00222. The van der Waals surface area contributed by atoms with Gasteiger partial charge >= 0.3 is 0 Å². The summed E-state index contributed by atoms with van der Waals surface area (Å²) in [4.78, 5) is 31.5. The molecular formula is C28H32FN3O4. The van der Waals surface area contributed by atoms with Gasteiger partial charge in [-0.05, 0) is 53.8 Å². The fourth-order valence-corrected chi connectivity index (χ4v) is 4.32. The van der Waals surface area contributed by atoms with E-state index < -0.39 is 11.5 Å². The second-order valence-corrected chi connectivity index (χ2v) is 9.99. The second-order valence-electron chi connectivity index (χ2n) is 9.99. The highest BCUT2D eigenvalue weighted by Gasteiger charge is 2.37. The lowest BCUT2D eigenvalue weighted by Crippen LogP contribution is -2.45. The number of carbonyl (C=O) groups is 2. The van der Waals surface area contributed by atoms with E-state index in [0.717, 1.165) is 17.5 Å². The Kier molecular flexibility index (Phi) is 7.43. The van der Waals surface area contributed by atoms with E-state index in [1.54, 1.807) is 6.07 Å². The van der Waals surface area contributed by atoms with E-state index in [1.807, 2.05) is 56.9 Å². The normalized spacial score (nSPS) is 15.4. The van der Waals surface area contributed by atoms with Gasteiger partial charge in [-0.3, -0.25) is 9.59 Å². The van der Waals surface area contributed by atoms with Crippen molar-refractivity contribution in [3.05, 3.63) is 82.8 Å². The van der Waals surface area contributed by atoms with E-state index in [1.165, 1.54) is 18.4 Å². The molecule has 2 heterocycles. The number of nitrogens with zero attached hydrogens (tertiary/aromatic N) is 2. The number of fused-ring (bicyclic) bond motifs is 1. The molecule has 1 aromatic heterocycles. The third-order valence-corrected chi connectivity index (χ3v) is 6.09. The molecule has 2 amide bonds. The van der Waals surface area contributed by atoms with Crippen LogP contribution in [-0.2, 0) is 17.8 Å². The van der Waals surface area contributed by atoms with Crippen molar-refractivity contribution in [1.29, 1.82) is 0 Å². The van der Waals surface area contributed by atoms with Gasteiger partial charge in [-0.25, -0.2) is 9.37 Å². The molecule has 1 atom stereocenters. The lowest BCUT2D eigenvalue weighted by atomic mass is 9.85. The van der Waals surface area contributed by atoms with Crippen LogP contribution in [0.2, 0.25) is 0 Å². The molecule has 1 aliphatic rings. The molecule has 0 saturated carbocycles. The van der Waals surface area contributed by atoms with Crippen LogP contribution in [-0.4, -0.2) is 34.8 Å². The number of hydrogen-bond donors (Lipinski definition) is 1. The summed E-state index contributed by atoms with van der Waals surface area (Å²) in [6, 6.07) is 11.7. The van der Waals surface area contributed by atoms with Gasteiger partial charge < -0.3 is 19.4 Å². The van der Waals surface area contributed by atoms with Crippen molar-refractivity contribution < 1.29 is 23.1 Å². The van der Waals surface area contributed by atoms with E-state index >= 15 is 0 Å². The third kappa shape index (κ3) is 5.58. The molecule has 0 fully saturated rings. The van der Waals surface area contributed by atoms with Gasteiger partial charge in [0.15, 0.2) is 12.3 Å². The number of rotatable bonds is 7. The Labute approximate surface area is 210 Å². The molecular weight excluding hydrogens is 461 g/mol. The molecule has 7 nitrogen and oxygen atoms in total. The fraction of sp³-hybridized carbons (Fsp3) is 0.393. The summed E-state index contributed by atoms with van der Waals surface area (Å²) in [7, 11) is 0. The van der Waals surface area contributed by atoms with Gasteiger partial charge in [-0.15, -0.1) is 0 Å². The van der Waals surface area contributed by atoms with Crippen molar-refractivity contribution in [3.63, 3.8) is 0 Å². The Bertz CT molecular complexity index is 1250. The zero-order valence-corrected chi connectivity index (χ0v) is 21.1. The first kappa shape index (κ1) is 25.4. The summed E-state index contributed by atoms with van der Waals surface area (Å²) in [6.45, 7) is 8.78. The van der Waals surface area contributed by atoms with Crippen LogP contribution in [0.15, 0.2) is 53.1 Å². The van der Waals surface area contributed by atoms with Crippen LogP contribution in [0, 0.1) is 11.2 Å². The summed E-state index contributed by atoms with van der Waals surface area (Å²) in [5.74, 6) is 0.207. The van der Waals surface area contributed by atoms with Gasteiger partial charge in [0.1, 0.15) is 17.8 Å². The van der Waals surface area contributed by atoms with Gasteiger partial charge in [0.25, 0.3) is 5.91 Å². The highest BCUT2D eigenvalue weighted by Crippen LogP contribution is 2.39. The van der Waals surface area contributed by atoms with Crippen molar-refractivity contribution >= 4 is 11.8 Å². The number of halogens is 1. The predicted molar refractivity (Wildman–Crippen MR) is 133 cm³/mol. The summed E-state index contributed by atoms with van der Waals surface area (Å²) in [5.41, 5.74) is 2.31. The number of carbonyl (C=O) groups excluding carboxylic acids is 2. The largest absolute Gasteiger partial charge is 0.484 e. The van der Waals surface area contributed by atoms with Crippen LogP contribution in [0.3, 0.4) is 0 Å². The Morgan fingerprint density at radius 3 is 2.75 bits per heavy atom. The molecule has 190 valence electrons. The maximum absolute atomic E-state index is 14.2. The molecule has 0 aliphatic carbocycles. The van der Waals surface area contributed by atoms with E-state index in [4.69, 9.17) is 9.15 Å². The van der Waals surface area contributed by atoms with Crippen LogP contribution in [0.25, 0.3) is 0 Å². The molecule has 1 aliphatic heterocycles. The van der Waals surface area contributed by atoms with E-state index in [-0.39, 0.29) is 35.8 Å². The first-order valence-corrected chi connectivity index (χ1v) is 12.2. The van der Waals surface area contributed by atoms with Crippen LogP contribution in [0.4, 0.5) is 4.39 Å². The molecule has 3 aromatic rings. The highest BCUT2D eigenvalue weighted by atomic mass is 19.1. The monoisotopic (exact) mass is 493 g/mol. The fourth-order valence-electron chi connectivity index (χ4n) is 4.32. The summed E-state index contributed by atoms with van der Waals surface area (Å²) in [6.07, 6.45) is 2.83. The number of oxazole rings is 1. The Morgan fingerprint density at radius 1 is 1.22 bits per heavy atom. The average molecular weight is 494 g/mol. The Hall–Kier alpha value is -3.68. The van der Waals surface area contributed by atoms with Crippen LogP contribution in [0.5, 0.6) is 5.75 Å². The number of aromatic nitrogens is 1. The van der Waals surface area contributed by atoms with E-state index in [9.17, 15) is 14.0 Å². The van der Waals surface area contributed by atoms with Gasteiger partial charge in [-0.1, -0.05) is 45.9 Å². The average Bonchev–Trinajstić information content (AvgIpc) is 3.33. The summed E-state index contributed by atoms with van der Waals surface area (Å²) >= 11 is 0. The van der Waals surface area contributed by atoms with Crippen LogP contribution >= 0.6 is 0 Å². The van der Waals surface area contributed by atoms with Gasteiger partial charge in [-0.2, -0.15) is 0 Å². The molecule has 0 radical (unpaired) electrons. The lowest BCUT2D eigenvalue weighted by molar-refractivity contribution is -0.141. The lowest BCUT2D eigenvalue weighted by Gasteiger charge is -2.41. The minimum Gasteiger partial charge on any atom is -0.484 e. The maximum Gasteiger partial charge on any atom is 0.273 e. The zero-order chi connectivity index (χ0) is 25.9. The zero-order valence-electron chi connectivity index (χ0n) is 21.1. The SMILES string of the molecule is CCCNC(=O)c1coc(COc2ccc3c(c2)C(c2cccc(F)c2)N(C(=O)C(C)(C)C)CC3)n1. The van der Waals surface area contributed by atoms with Gasteiger partial charge in [0.2, 0.25) is 11.8 Å². The summed E-state index contributed by atoms with van der Waals surface area (Å²) in [5, 5.41) is 2.76. The standard InChI is InChI=1S/C28H32FN3O4/c1-5-12-30-26(33)23-16-36-24(31-23)17-35-21-10-9-18-11-13-32(27(34)28(2,3)4)25(22(18)15-21)19-7-6-8-20(29)14-19/h6-10,14-16,25H,5,11-13,17H2,1-4H3,(H,30,33). The molecule has 1 N–H and O–H groups in total. The van der Waals surface area contributed by atoms with Crippen LogP contribution in [0.1, 0.15) is 73.2 Å². The molecule has 36 heavy (non-hydrogen) atoms. The molecule has 8 heteroatoms. The predicted octanol–water partition coefficient (Wildman–Crippen LogP) is 5.05. The van der Waals surface area contributed by atoms with Crippen molar-refractivity contribution in [2.75, 3.05) is 13.1 Å². The Balaban J connectivity index is 1.60. The molecule has 1 unspecified atom stereocenters. The number of ether oxygens (including phenoxy) is 1. The molecule has 0 spiro atoms. The smallest absolute Gasteiger partial charge is 0.273 e. The maximum atomic E-state index is 14.2. The van der Waals surface area contributed by atoms with E-state index in [2.05, 4.69) is 10.3 Å². The summed E-state index contributed by atoms with van der Waals surface area (Å²) < 4.78 is 25.5. The molecule has 0 bridgehead atoms. The van der Waals surface area contributed by atoms with Crippen LogP contribution < -0.4 is 10.1 Å². The van der Waals surface area contributed by atoms with Gasteiger partial charge in [0, 0.05) is 18.5 Å². The minimum atomic E-state index is -0.580. The first-order valence-electron chi connectivity index (χ1n) is 12.2. The number of hydrogen-bond acceptors (Lipinski definition) is 5.